The van der Waals surface area contributed by atoms with Gasteiger partial charge in [0.1, 0.15) is 6.10 Å². The number of thiophene rings is 1. The lowest BCUT2D eigenvalue weighted by atomic mass is 10.1. The summed E-state index contributed by atoms with van der Waals surface area (Å²) in [5.41, 5.74) is 2.77. The standard InChI is InChI=1S/C27H30ClN3O5S/c1-29(2)14-12-18-5-4-13-30(26(18)33)22-8-6-20(15-19(22)17-35-3)31-16-21(36-27(31)34)7-9-23(32)24-10-11-25(28)37-24/h4-6,8,10-11,13,15,21H,7,9,12,14,16-17H2,1-3H3/t21-/m0/s1. The molecule has 3 heterocycles. The van der Waals surface area contributed by atoms with Crippen molar-refractivity contribution in [1.29, 1.82) is 0 Å². The number of ether oxygens (including phenoxy) is 2. The highest BCUT2D eigenvalue weighted by Crippen LogP contribution is 2.29. The predicted octanol–water partition coefficient (Wildman–Crippen LogP) is 4.79. The molecule has 196 valence electrons. The maximum absolute atomic E-state index is 13.2. The third-order valence-electron chi connectivity index (χ3n) is 6.20. The summed E-state index contributed by atoms with van der Waals surface area (Å²) < 4.78 is 13.1. The second kappa shape index (κ2) is 12.0. The highest BCUT2D eigenvalue weighted by molar-refractivity contribution is 7.18. The van der Waals surface area contributed by atoms with E-state index in [-0.39, 0.29) is 24.4 Å². The van der Waals surface area contributed by atoms with Crippen LogP contribution in [0.25, 0.3) is 5.69 Å². The lowest BCUT2D eigenvalue weighted by Gasteiger charge is -2.18. The zero-order chi connectivity index (χ0) is 26.5. The van der Waals surface area contributed by atoms with Crippen LogP contribution in [0.5, 0.6) is 0 Å². The number of aromatic nitrogens is 1. The number of cyclic esters (lactones) is 1. The van der Waals surface area contributed by atoms with Crippen LogP contribution in [0.2, 0.25) is 4.34 Å². The van der Waals surface area contributed by atoms with Gasteiger partial charge >= 0.3 is 6.09 Å². The van der Waals surface area contributed by atoms with Crippen molar-refractivity contribution in [3.05, 3.63) is 79.4 Å². The van der Waals surface area contributed by atoms with Crippen LogP contribution in [-0.4, -0.2) is 61.7 Å². The van der Waals surface area contributed by atoms with Gasteiger partial charge in [0, 0.05) is 43.1 Å². The van der Waals surface area contributed by atoms with Gasteiger partial charge in [-0.15, -0.1) is 11.3 Å². The summed E-state index contributed by atoms with van der Waals surface area (Å²) >= 11 is 7.17. The molecule has 1 amide bonds. The van der Waals surface area contributed by atoms with Crippen molar-refractivity contribution in [2.24, 2.45) is 0 Å². The number of pyridine rings is 1. The van der Waals surface area contributed by atoms with E-state index in [1.807, 2.05) is 43.3 Å². The van der Waals surface area contributed by atoms with Gasteiger partial charge in [0.2, 0.25) is 0 Å². The van der Waals surface area contributed by atoms with E-state index in [0.717, 1.165) is 17.7 Å². The first-order chi connectivity index (χ1) is 17.8. The van der Waals surface area contributed by atoms with Crippen molar-refractivity contribution in [2.45, 2.75) is 32.0 Å². The van der Waals surface area contributed by atoms with Crippen molar-refractivity contribution in [3.63, 3.8) is 0 Å². The first kappa shape index (κ1) is 27.1. The Hall–Kier alpha value is -2.98. The minimum absolute atomic E-state index is 0.0172. The monoisotopic (exact) mass is 543 g/mol. The molecule has 1 aliphatic heterocycles. The number of amides is 1. The highest BCUT2D eigenvalue weighted by atomic mass is 35.5. The molecular formula is C27H30ClN3O5S. The normalized spacial score (nSPS) is 15.4. The first-order valence-electron chi connectivity index (χ1n) is 12.0. The van der Waals surface area contributed by atoms with E-state index in [9.17, 15) is 14.4 Å². The van der Waals surface area contributed by atoms with E-state index in [2.05, 4.69) is 0 Å². The Morgan fingerprint density at radius 1 is 1.19 bits per heavy atom. The summed E-state index contributed by atoms with van der Waals surface area (Å²) in [5, 5.41) is 0. The van der Waals surface area contributed by atoms with E-state index in [1.165, 1.54) is 11.3 Å². The molecule has 0 aliphatic carbocycles. The molecule has 0 unspecified atom stereocenters. The molecule has 0 bridgehead atoms. The fourth-order valence-electron chi connectivity index (χ4n) is 4.27. The molecule has 0 saturated carbocycles. The van der Waals surface area contributed by atoms with Crippen LogP contribution in [0.3, 0.4) is 0 Å². The Bertz CT molecular complexity index is 1340. The second-order valence-electron chi connectivity index (χ2n) is 9.19. The molecule has 4 rings (SSSR count). The Balaban J connectivity index is 1.51. The molecule has 1 fully saturated rings. The Kier molecular flexibility index (Phi) is 8.81. The van der Waals surface area contributed by atoms with Crippen LogP contribution >= 0.6 is 22.9 Å². The fourth-order valence-corrected chi connectivity index (χ4v) is 5.28. The van der Waals surface area contributed by atoms with Crippen molar-refractivity contribution in [1.82, 2.24) is 9.47 Å². The molecule has 0 N–H and O–H groups in total. The van der Waals surface area contributed by atoms with Gasteiger partial charge < -0.3 is 14.4 Å². The number of carbonyl (C=O) groups is 2. The fraction of sp³-hybridized carbons (Fsp3) is 0.370. The number of carbonyl (C=O) groups excluding carboxylic acids is 2. The maximum Gasteiger partial charge on any atom is 0.414 e. The number of Topliss-reactive ketones (excluding diaryl/α,β-unsaturated/α-hetero) is 1. The van der Waals surface area contributed by atoms with E-state index < -0.39 is 12.2 Å². The molecule has 1 aliphatic rings. The van der Waals surface area contributed by atoms with Crippen LogP contribution in [0.4, 0.5) is 10.5 Å². The van der Waals surface area contributed by atoms with Gasteiger partial charge in [-0.25, -0.2) is 4.79 Å². The quantitative estimate of drug-likeness (QED) is 0.323. The molecule has 1 atom stereocenters. The Morgan fingerprint density at radius 3 is 2.70 bits per heavy atom. The van der Waals surface area contributed by atoms with Crippen molar-refractivity contribution >= 4 is 40.5 Å². The number of ketones is 1. The van der Waals surface area contributed by atoms with Crippen molar-refractivity contribution in [3.8, 4) is 5.69 Å². The van der Waals surface area contributed by atoms with Crippen LogP contribution in [-0.2, 0) is 22.5 Å². The molecule has 0 spiro atoms. The summed E-state index contributed by atoms with van der Waals surface area (Å²) in [6.07, 6.45) is 2.23. The molecule has 2 aromatic heterocycles. The van der Waals surface area contributed by atoms with Gasteiger partial charge in [-0.3, -0.25) is 19.1 Å². The highest BCUT2D eigenvalue weighted by Gasteiger charge is 2.33. The summed E-state index contributed by atoms with van der Waals surface area (Å²) in [4.78, 5) is 42.5. The number of hydrogen-bond acceptors (Lipinski definition) is 7. The van der Waals surface area contributed by atoms with Crippen molar-refractivity contribution in [2.75, 3.05) is 39.2 Å². The maximum atomic E-state index is 13.2. The molecule has 10 heteroatoms. The van der Waals surface area contributed by atoms with Gasteiger partial charge in [0.15, 0.2) is 5.78 Å². The van der Waals surface area contributed by atoms with Crippen molar-refractivity contribution < 1.29 is 19.1 Å². The number of halogens is 1. The van der Waals surface area contributed by atoms with Gasteiger partial charge in [-0.05, 0) is 63.3 Å². The lowest BCUT2D eigenvalue weighted by Crippen LogP contribution is -2.27. The van der Waals surface area contributed by atoms with Crippen LogP contribution in [0.15, 0.2) is 53.5 Å². The Labute approximate surface area is 225 Å². The molecule has 1 saturated heterocycles. The SMILES string of the molecule is COCc1cc(N2C[C@H](CCC(=O)c3ccc(Cl)s3)OC2=O)ccc1-n1cccc(CCN(C)C)c1=O. The summed E-state index contributed by atoms with van der Waals surface area (Å²) in [6, 6.07) is 12.6. The third kappa shape index (κ3) is 6.48. The largest absolute Gasteiger partial charge is 0.444 e. The van der Waals surface area contributed by atoms with Gasteiger partial charge in [-0.1, -0.05) is 17.7 Å². The third-order valence-corrected chi connectivity index (χ3v) is 7.48. The topological polar surface area (TPSA) is 81.1 Å². The van der Waals surface area contributed by atoms with Gasteiger partial charge in [0.05, 0.1) is 28.1 Å². The average molecular weight is 544 g/mol. The lowest BCUT2D eigenvalue weighted by molar-refractivity contribution is 0.0943. The smallest absolute Gasteiger partial charge is 0.414 e. The zero-order valence-corrected chi connectivity index (χ0v) is 22.7. The number of nitrogens with zero attached hydrogens (tertiary/aromatic N) is 3. The molecule has 37 heavy (non-hydrogen) atoms. The molecule has 3 aromatic rings. The number of anilines is 1. The number of benzene rings is 1. The molecule has 8 nitrogen and oxygen atoms in total. The zero-order valence-electron chi connectivity index (χ0n) is 21.1. The molecule has 0 radical (unpaired) electrons. The number of hydrogen-bond donors (Lipinski definition) is 0. The summed E-state index contributed by atoms with van der Waals surface area (Å²) in [7, 11) is 5.54. The van der Waals surface area contributed by atoms with Crippen LogP contribution in [0, 0.1) is 0 Å². The first-order valence-corrected chi connectivity index (χ1v) is 13.2. The molecule has 1 aromatic carbocycles. The van der Waals surface area contributed by atoms with E-state index in [0.29, 0.717) is 40.0 Å². The van der Waals surface area contributed by atoms with Crippen LogP contribution in [0.1, 0.15) is 33.6 Å². The van der Waals surface area contributed by atoms with E-state index >= 15 is 0 Å². The Morgan fingerprint density at radius 2 is 2.00 bits per heavy atom. The average Bonchev–Trinajstić information content (AvgIpc) is 3.47. The minimum Gasteiger partial charge on any atom is -0.444 e. The van der Waals surface area contributed by atoms with Gasteiger partial charge in [0.25, 0.3) is 5.56 Å². The van der Waals surface area contributed by atoms with Gasteiger partial charge in [-0.2, -0.15) is 0 Å². The molecular weight excluding hydrogens is 514 g/mol. The summed E-state index contributed by atoms with van der Waals surface area (Å²) in [6.45, 7) is 1.37. The predicted molar refractivity (Wildman–Crippen MR) is 146 cm³/mol. The van der Waals surface area contributed by atoms with E-state index in [1.54, 1.807) is 41.0 Å². The van der Waals surface area contributed by atoms with E-state index in [4.69, 9.17) is 21.1 Å². The number of rotatable bonds is 11. The number of methoxy groups -OCH3 is 1. The minimum atomic E-state index is -0.462. The number of likely N-dealkylation sites (N-methyl/N-ethyl adjacent to an activating group) is 1. The summed E-state index contributed by atoms with van der Waals surface area (Å²) in [5.74, 6) is -0.0172. The second-order valence-corrected chi connectivity index (χ2v) is 10.9. The van der Waals surface area contributed by atoms with Crippen LogP contribution < -0.4 is 10.5 Å².